The van der Waals surface area contributed by atoms with Gasteiger partial charge in [-0.3, -0.25) is 9.67 Å². The van der Waals surface area contributed by atoms with E-state index >= 15 is 0 Å². The monoisotopic (exact) mass is 305 g/mol. The molecule has 1 N–H and O–H groups in total. The van der Waals surface area contributed by atoms with Crippen molar-refractivity contribution < 1.29 is 4.39 Å². The minimum absolute atomic E-state index is 0.312. The van der Waals surface area contributed by atoms with Gasteiger partial charge in [0, 0.05) is 10.6 Å². The molecule has 0 atom stereocenters. The summed E-state index contributed by atoms with van der Waals surface area (Å²) < 4.78 is 16.0. The molecule has 0 saturated carbocycles. The molecule has 100 valence electrons. The molecule has 3 rings (SSSR count). The number of benzene rings is 2. The lowest BCUT2D eigenvalue weighted by atomic mass is 10.2. The number of hydrogen-bond donors (Lipinski definition) is 1. The predicted octanol–water partition coefficient (Wildman–Crippen LogP) is 4.39. The van der Waals surface area contributed by atoms with Crippen LogP contribution in [0.2, 0.25) is 5.02 Å². The van der Waals surface area contributed by atoms with Crippen LogP contribution in [-0.4, -0.2) is 14.8 Å². The highest BCUT2D eigenvalue weighted by atomic mass is 35.5. The number of halogens is 2. The molecule has 20 heavy (non-hydrogen) atoms. The zero-order valence-electron chi connectivity index (χ0n) is 10.2. The van der Waals surface area contributed by atoms with Gasteiger partial charge in [0.25, 0.3) is 0 Å². The Labute approximate surface area is 124 Å². The van der Waals surface area contributed by atoms with Crippen LogP contribution in [0.25, 0.3) is 17.1 Å². The van der Waals surface area contributed by atoms with Crippen molar-refractivity contribution in [2.24, 2.45) is 0 Å². The van der Waals surface area contributed by atoms with Crippen LogP contribution in [0.1, 0.15) is 0 Å². The smallest absolute Gasteiger partial charge is 0.200 e. The number of nitrogens with zero attached hydrogens (tertiary/aromatic N) is 2. The highest BCUT2D eigenvalue weighted by Gasteiger charge is 2.13. The SMILES string of the molecule is Fc1cc(Cl)ccc1-n1c(-c2ccccc2)n[nH]c1=S. The summed E-state index contributed by atoms with van der Waals surface area (Å²) >= 11 is 11.0. The maximum atomic E-state index is 14.1. The van der Waals surface area contributed by atoms with Crippen molar-refractivity contribution in [1.29, 1.82) is 0 Å². The Morgan fingerprint density at radius 3 is 2.60 bits per heavy atom. The third-order valence-corrected chi connectivity index (χ3v) is 3.36. The van der Waals surface area contributed by atoms with Crippen LogP contribution in [0.15, 0.2) is 48.5 Å². The van der Waals surface area contributed by atoms with Crippen LogP contribution in [0, 0.1) is 10.6 Å². The molecule has 0 fully saturated rings. The first kappa shape index (κ1) is 13.0. The molecule has 0 aliphatic rings. The number of aromatic nitrogens is 3. The Hall–Kier alpha value is -1.98. The Bertz CT molecular complexity index is 811. The highest BCUT2D eigenvalue weighted by molar-refractivity contribution is 7.71. The standard InChI is InChI=1S/C14H9ClFN3S/c15-10-6-7-12(11(16)8-10)19-13(17-18-14(19)20)9-4-2-1-3-5-9/h1-8H,(H,18,20). The Morgan fingerprint density at radius 1 is 1.15 bits per heavy atom. The average Bonchev–Trinajstić information content (AvgIpc) is 2.82. The van der Waals surface area contributed by atoms with Crippen molar-refractivity contribution in [2.75, 3.05) is 0 Å². The number of aromatic amines is 1. The van der Waals surface area contributed by atoms with Gasteiger partial charge in [0.05, 0.1) is 5.69 Å². The molecular formula is C14H9ClFN3S. The van der Waals surface area contributed by atoms with Gasteiger partial charge in [-0.05, 0) is 30.4 Å². The largest absolute Gasteiger partial charge is 0.265 e. The van der Waals surface area contributed by atoms with Gasteiger partial charge in [-0.25, -0.2) is 4.39 Å². The molecule has 3 nitrogen and oxygen atoms in total. The minimum atomic E-state index is -0.452. The summed E-state index contributed by atoms with van der Waals surface area (Å²) in [5.41, 5.74) is 1.15. The van der Waals surface area contributed by atoms with E-state index in [4.69, 9.17) is 23.8 Å². The molecule has 1 heterocycles. The number of rotatable bonds is 2. The lowest BCUT2D eigenvalue weighted by molar-refractivity contribution is 0.618. The van der Waals surface area contributed by atoms with Crippen molar-refractivity contribution in [3.63, 3.8) is 0 Å². The van der Waals surface area contributed by atoms with Crippen LogP contribution in [-0.2, 0) is 0 Å². The molecule has 0 radical (unpaired) electrons. The first-order chi connectivity index (χ1) is 9.66. The van der Waals surface area contributed by atoms with Crippen molar-refractivity contribution >= 4 is 23.8 Å². The lowest BCUT2D eigenvalue weighted by Gasteiger charge is -2.08. The fourth-order valence-electron chi connectivity index (χ4n) is 1.96. The third-order valence-electron chi connectivity index (χ3n) is 2.85. The van der Waals surface area contributed by atoms with Crippen LogP contribution in [0.4, 0.5) is 4.39 Å². The van der Waals surface area contributed by atoms with E-state index < -0.39 is 5.82 Å². The van der Waals surface area contributed by atoms with E-state index in [1.54, 1.807) is 16.7 Å². The quantitative estimate of drug-likeness (QED) is 0.712. The summed E-state index contributed by atoms with van der Waals surface area (Å²) in [5, 5.41) is 7.20. The molecule has 0 amide bonds. The Morgan fingerprint density at radius 2 is 1.90 bits per heavy atom. The Kier molecular flexibility index (Phi) is 3.38. The molecule has 2 aromatic carbocycles. The topological polar surface area (TPSA) is 33.6 Å². The van der Waals surface area contributed by atoms with E-state index in [0.717, 1.165) is 5.56 Å². The first-order valence-corrected chi connectivity index (χ1v) is 6.64. The summed E-state index contributed by atoms with van der Waals surface area (Å²) in [6.07, 6.45) is 0. The summed E-state index contributed by atoms with van der Waals surface area (Å²) in [6.45, 7) is 0. The molecule has 6 heteroatoms. The van der Waals surface area contributed by atoms with E-state index in [0.29, 0.717) is 21.3 Å². The highest BCUT2D eigenvalue weighted by Crippen LogP contribution is 2.24. The molecule has 0 saturated heterocycles. The second-order valence-corrected chi connectivity index (χ2v) is 4.97. The zero-order chi connectivity index (χ0) is 14.1. The van der Waals surface area contributed by atoms with Gasteiger partial charge in [-0.1, -0.05) is 41.9 Å². The second-order valence-electron chi connectivity index (χ2n) is 4.15. The third kappa shape index (κ3) is 2.26. The van der Waals surface area contributed by atoms with Crippen LogP contribution < -0.4 is 0 Å². The fraction of sp³-hybridized carbons (Fsp3) is 0. The molecule has 3 aromatic rings. The number of hydrogen-bond acceptors (Lipinski definition) is 2. The van der Waals surface area contributed by atoms with Gasteiger partial charge in [0.1, 0.15) is 5.82 Å². The van der Waals surface area contributed by atoms with Crippen molar-refractivity contribution in [2.45, 2.75) is 0 Å². The lowest BCUT2D eigenvalue weighted by Crippen LogP contribution is -2.00. The van der Waals surface area contributed by atoms with Crippen molar-refractivity contribution in [3.05, 3.63) is 64.1 Å². The summed E-state index contributed by atoms with van der Waals surface area (Å²) in [7, 11) is 0. The molecule has 0 unspecified atom stereocenters. The normalized spacial score (nSPS) is 10.7. The van der Waals surface area contributed by atoms with Crippen molar-refractivity contribution in [1.82, 2.24) is 14.8 Å². The zero-order valence-corrected chi connectivity index (χ0v) is 11.7. The summed E-state index contributed by atoms with van der Waals surface area (Å²) in [6, 6.07) is 13.9. The molecule has 0 aliphatic heterocycles. The number of nitrogens with one attached hydrogen (secondary N) is 1. The van der Waals surface area contributed by atoms with Crippen LogP contribution >= 0.6 is 23.8 Å². The van der Waals surface area contributed by atoms with Gasteiger partial charge < -0.3 is 0 Å². The summed E-state index contributed by atoms with van der Waals surface area (Å²) in [5.74, 6) is 0.101. The van der Waals surface area contributed by atoms with Gasteiger partial charge in [-0.15, -0.1) is 0 Å². The minimum Gasteiger partial charge on any atom is -0.265 e. The van der Waals surface area contributed by atoms with E-state index in [2.05, 4.69) is 10.2 Å². The second kappa shape index (κ2) is 5.19. The summed E-state index contributed by atoms with van der Waals surface area (Å²) in [4.78, 5) is 0. The van der Waals surface area contributed by atoms with E-state index in [-0.39, 0.29) is 0 Å². The maximum absolute atomic E-state index is 14.1. The Balaban J connectivity index is 2.25. The maximum Gasteiger partial charge on any atom is 0.200 e. The number of H-pyrrole nitrogens is 1. The first-order valence-electron chi connectivity index (χ1n) is 5.85. The molecule has 0 spiro atoms. The van der Waals surface area contributed by atoms with Crippen LogP contribution in [0.5, 0.6) is 0 Å². The molecule has 0 bridgehead atoms. The molecule has 1 aromatic heterocycles. The van der Waals surface area contributed by atoms with Crippen molar-refractivity contribution in [3.8, 4) is 17.1 Å². The van der Waals surface area contributed by atoms with Gasteiger partial charge in [0.2, 0.25) is 0 Å². The van der Waals surface area contributed by atoms with Gasteiger partial charge in [-0.2, -0.15) is 5.10 Å². The van der Waals surface area contributed by atoms with Gasteiger partial charge in [0.15, 0.2) is 10.6 Å². The van der Waals surface area contributed by atoms with E-state index in [1.165, 1.54) is 6.07 Å². The van der Waals surface area contributed by atoms with E-state index in [1.807, 2.05) is 30.3 Å². The molecule has 0 aliphatic carbocycles. The fourth-order valence-corrected chi connectivity index (χ4v) is 2.35. The molecular weight excluding hydrogens is 297 g/mol. The predicted molar refractivity (Wildman–Crippen MR) is 79.2 cm³/mol. The van der Waals surface area contributed by atoms with E-state index in [9.17, 15) is 4.39 Å². The van der Waals surface area contributed by atoms with Gasteiger partial charge >= 0.3 is 0 Å². The van der Waals surface area contributed by atoms with Crippen LogP contribution in [0.3, 0.4) is 0 Å². The average molecular weight is 306 g/mol.